The Morgan fingerprint density at radius 1 is 1.36 bits per heavy atom. The average molecular weight is 149 g/mol. The van der Waals surface area contributed by atoms with E-state index in [1.54, 1.807) is 0 Å². The quantitative estimate of drug-likeness (QED) is 0.660. The summed E-state index contributed by atoms with van der Waals surface area (Å²) in [4.78, 5) is 0. The zero-order valence-corrected chi connectivity index (χ0v) is 5.71. The third-order valence-electron chi connectivity index (χ3n) is 1.60. The topological polar surface area (TPSA) is 28.7 Å². The number of halogens is 1. The van der Waals surface area contributed by atoms with Crippen molar-refractivity contribution in [3.63, 3.8) is 0 Å². The molecule has 0 amide bonds. The zero-order chi connectivity index (χ0) is 7.68. The lowest BCUT2D eigenvalue weighted by Gasteiger charge is -1.86. The van der Waals surface area contributed by atoms with E-state index in [0.29, 0.717) is 12.4 Å². The van der Waals surface area contributed by atoms with Crippen molar-refractivity contribution in [2.24, 2.45) is 0 Å². The number of H-pyrrole nitrogens is 1. The van der Waals surface area contributed by atoms with Gasteiger partial charge in [0.25, 0.3) is 0 Å². The Balaban J connectivity index is 2.76. The van der Waals surface area contributed by atoms with E-state index in [4.69, 9.17) is 0 Å². The van der Waals surface area contributed by atoms with Crippen LogP contribution in [-0.2, 0) is 0 Å². The van der Waals surface area contributed by atoms with E-state index < -0.39 is 0 Å². The van der Waals surface area contributed by atoms with Crippen molar-refractivity contribution < 1.29 is 4.39 Å². The summed E-state index contributed by atoms with van der Waals surface area (Å²) < 4.78 is 12.1. The number of hydrogen-bond donors (Lipinski definition) is 1. The molecule has 55 valence electrons. The lowest BCUT2D eigenvalue weighted by Crippen LogP contribution is -1.74. The van der Waals surface area contributed by atoms with Crippen LogP contribution >= 0.6 is 0 Å². The number of nitrogens with zero attached hydrogens (tertiary/aromatic N) is 1. The number of rotatable bonds is 1. The normalized spacial score (nSPS) is 10.6. The molecule has 1 aromatic heterocycles. The van der Waals surface area contributed by atoms with Gasteiger partial charge in [-0.3, -0.25) is 5.10 Å². The van der Waals surface area contributed by atoms with Crippen molar-refractivity contribution in [2.45, 2.75) is 0 Å². The first-order valence-electron chi connectivity index (χ1n) is 3.28. The van der Waals surface area contributed by atoms with Crippen LogP contribution in [0.2, 0.25) is 0 Å². The molecule has 1 N–H and O–H groups in total. The standard InChI is InChI=1S/C8H6FN2/c9-5-8-6-3-1-2-4-7(6)10-11-8/h1-5H,(H,10,11). The summed E-state index contributed by atoms with van der Waals surface area (Å²) >= 11 is 0. The van der Waals surface area contributed by atoms with E-state index in [-0.39, 0.29) is 0 Å². The van der Waals surface area contributed by atoms with Crippen molar-refractivity contribution in [1.82, 2.24) is 10.2 Å². The molecular weight excluding hydrogens is 143 g/mol. The smallest absolute Gasteiger partial charge is 0.181 e. The summed E-state index contributed by atoms with van der Waals surface area (Å²) in [6.45, 7) is 0.499. The van der Waals surface area contributed by atoms with Crippen molar-refractivity contribution in [2.75, 3.05) is 0 Å². The van der Waals surface area contributed by atoms with Crippen molar-refractivity contribution >= 4 is 10.9 Å². The van der Waals surface area contributed by atoms with Gasteiger partial charge in [0, 0.05) is 5.39 Å². The minimum atomic E-state index is 0.362. The molecule has 0 aliphatic heterocycles. The lowest BCUT2D eigenvalue weighted by atomic mass is 10.2. The van der Waals surface area contributed by atoms with Crippen molar-refractivity contribution in [1.29, 1.82) is 0 Å². The lowest BCUT2D eigenvalue weighted by molar-refractivity contribution is 0.638. The van der Waals surface area contributed by atoms with Gasteiger partial charge in [-0.05, 0) is 6.07 Å². The Kier molecular flexibility index (Phi) is 1.35. The van der Waals surface area contributed by atoms with Crippen molar-refractivity contribution in [3.05, 3.63) is 36.6 Å². The number of aromatic amines is 1. The van der Waals surface area contributed by atoms with Crippen LogP contribution in [0.3, 0.4) is 0 Å². The Labute approximate surface area is 63.0 Å². The van der Waals surface area contributed by atoms with Crippen LogP contribution in [0.5, 0.6) is 0 Å². The van der Waals surface area contributed by atoms with Gasteiger partial charge in [-0.1, -0.05) is 18.2 Å². The summed E-state index contributed by atoms with van der Waals surface area (Å²) in [5.74, 6) is 0. The first-order chi connectivity index (χ1) is 5.42. The highest BCUT2D eigenvalue weighted by Crippen LogP contribution is 2.16. The average Bonchev–Trinajstić information content (AvgIpc) is 2.47. The van der Waals surface area contributed by atoms with Crippen LogP contribution in [0.25, 0.3) is 10.9 Å². The predicted molar refractivity (Wildman–Crippen MR) is 40.6 cm³/mol. The molecule has 0 saturated carbocycles. The Morgan fingerprint density at radius 3 is 3.00 bits per heavy atom. The number of aromatic nitrogens is 2. The fraction of sp³-hybridized carbons (Fsp3) is 0. The highest BCUT2D eigenvalue weighted by Gasteiger charge is 2.02. The van der Waals surface area contributed by atoms with E-state index in [2.05, 4.69) is 10.2 Å². The van der Waals surface area contributed by atoms with Crippen LogP contribution in [0.4, 0.5) is 4.39 Å². The molecule has 0 saturated heterocycles. The van der Waals surface area contributed by atoms with Crippen LogP contribution in [-0.4, -0.2) is 10.2 Å². The second-order valence-corrected chi connectivity index (χ2v) is 2.26. The maximum Gasteiger partial charge on any atom is 0.181 e. The number of hydrogen-bond acceptors (Lipinski definition) is 1. The molecule has 2 nitrogen and oxygen atoms in total. The molecule has 0 aliphatic rings. The van der Waals surface area contributed by atoms with Gasteiger partial charge in [-0.2, -0.15) is 5.10 Å². The molecule has 0 bridgehead atoms. The zero-order valence-electron chi connectivity index (χ0n) is 5.71. The molecule has 0 fully saturated rings. The SMILES string of the molecule is F[CH]c1n[nH]c2ccccc12. The van der Waals surface area contributed by atoms with Crippen LogP contribution in [0.1, 0.15) is 5.69 Å². The summed E-state index contributed by atoms with van der Waals surface area (Å²) in [6.07, 6.45) is 0. The summed E-state index contributed by atoms with van der Waals surface area (Å²) in [7, 11) is 0. The maximum atomic E-state index is 12.1. The monoisotopic (exact) mass is 149 g/mol. The number of nitrogens with one attached hydrogen (secondary N) is 1. The van der Waals surface area contributed by atoms with Gasteiger partial charge in [-0.25, -0.2) is 4.39 Å². The van der Waals surface area contributed by atoms with E-state index in [9.17, 15) is 4.39 Å². The minimum absolute atomic E-state index is 0.362. The predicted octanol–water partition coefficient (Wildman–Crippen LogP) is 2.04. The molecule has 2 aromatic rings. The first kappa shape index (κ1) is 6.34. The fourth-order valence-corrected chi connectivity index (χ4v) is 1.07. The Bertz CT molecular complexity index is 367. The molecule has 1 heterocycles. The van der Waals surface area contributed by atoms with Gasteiger partial charge in [-0.15, -0.1) is 0 Å². The third-order valence-corrected chi connectivity index (χ3v) is 1.60. The molecular formula is C8H6FN2. The molecule has 11 heavy (non-hydrogen) atoms. The Morgan fingerprint density at radius 2 is 2.18 bits per heavy atom. The minimum Gasteiger partial charge on any atom is -0.277 e. The first-order valence-corrected chi connectivity index (χ1v) is 3.28. The van der Waals surface area contributed by atoms with E-state index in [1.807, 2.05) is 24.3 Å². The Hall–Kier alpha value is -1.38. The number of fused-ring (bicyclic) bond motifs is 1. The van der Waals surface area contributed by atoms with Gasteiger partial charge >= 0.3 is 0 Å². The highest BCUT2D eigenvalue weighted by atomic mass is 19.1. The molecule has 1 aromatic carbocycles. The highest BCUT2D eigenvalue weighted by molar-refractivity contribution is 5.81. The van der Waals surface area contributed by atoms with Gasteiger partial charge in [0.05, 0.1) is 5.52 Å². The fourth-order valence-electron chi connectivity index (χ4n) is 1.07. The summed E-state index contributed by atoms with van der Waals surface area (Å²) in [5, 5.41) is 7.29. The van der Waals surface area contributed by atoms with Gasteiger partial charge in [0.1, 0.15) is 5.69 Å². The molecule has 1 radical (unpaired) electrons. The largest absolute Gasteiger partial charge is 0.277 e. The van der Waals surface area contributed by atoms with Crippen molar-refractivity contribution in [3.8, 4) is 0 Å². The van der Waals surface area contributed by atoms with E-state index in [0.717, 1.165) is 10.9 Å². The summed E-state index contributed by atoms with van der Waals surface area (Å²) in [5.41, 5.74) is 1.22. The summed E-state index contributed by atoms with van der Waals surface area (Å²) in [6, 6.07) is 7.41. The maximum absolute atomic E-state index is 12.1. The molecule has 0 unspecified atom stereocenters. The van der Waals surface area contributed by atoms with E-state index in [1.165, 1.54) is 0 Å². The molecule has 2 rings (SSSR count). The second kappa shape index (κ2) is 2.34. The van der Waals surface area contributed by atoms with Crippen LogP contribution < -0.4 is 0 Å². The van der Waals surface area contributed by atoms with Gasteiger partial charge < -0.3 is 0 Å². The third kappa shape index (κ3) is 0.888. The van der Waals surface area contributed by atoms with Crippen LogP contribution in [0, 0.1) is 6.67 Å². The second-order valence-electron chi connectivity index (χ2n) is 2.26. The molecule has 0 atom stereocenters. The van der Waals surface area contributed by atoms with E-state index >= 15 is 0 Å². The van der Waals surface area contributed by atoms with Gasteiger partial charge in [0.2, 0.25) is 0 Å². The number of para-hydroxylation sites is 1. The molecule has 0 aliphatic carbocycles. The molecule has 0 spiro atoms. The van der Waals surface area contributed by atoms with Gasteiger partial charge in [0.15, 0.2) is 6.67 Å². The molecule has 3 heteroatoms. The number of benzene rings is 1. The van der Waals surface area contributed by atoms with Crippen LogP contribution in [0.15, 0.2) is 24.3 Å².